The number of halogens is 1. The molecule has 0 saturated heterocycles. The van der Waals surface area contributed by atoms with Gasteiger partial charge in [-0.15, -0.1) is 0 Å². The van der Waals surface area contributed by atoms with Crippen LogP contribution in [0.1, 0.15) is 5.56 Å². The van der Waals surface area contributed by atoms with Crippen molar-refractivity contribution in [3.05, 3.63) is 88.9 Å². The number of hydrogen-bond donors (Lipinski definition) is 1. The lowest BCUT2D eigenvalue weighted by Crippen LogP contribution is -1.82. The van der Waals surface area contributed by atoms with Crippen LogP contribution in [0.25, 0.3) is 33.3 Å². The molecule has 5 heteroatoms. The third-order valence-electron chi connectivity index (χ3n) is 4.71. The molecule has 0 saturated carbocycles. The Morgan fingerprint density at radius 2 is 1.76 bits per heavy atom. The van der Waals surface area contributed by atoms with Crippen LogP contribution in [0, 0.1) is 0 Å². The van der Waals surface area contributed by atoms with E-state index < -0.39 is 0 Å². The van der Waals surface area contributed by atoms with Crippen molar-refractivity contribution < 1.29 is 9.52 Å². The van der Waals surface area contributed by atoms with E-state index in [4.69, 9.17) is 4.42 Å². The van der Waals surface area contributed by atoms with Crippen molar-refractivity contribution in [2.75, 3.05) is 0 Å². The van der Waals surface area contributed by atoms with E-state index in [1.807, 2.05) is 42.5 Å². The van der Waals surface area contributed by atoms with E-state index >= 15 is 0 Å². The zero-order valence-electron chi connectivity index (χ0n) is 15.2. The molecular weight excluding hydrogens is 428 g/mol. The second-order valence-electron chi connectivity index (χ2n) is 6.69. The summed E-state index contributed by atoms with van der Waals surface area (Å²) in [5, 5.41) is 12.3. The Morgan fingerprint density at radius 3 is 2.66 bits per heavy atom. The van der Waals surface area contributed by atoms with Crippen molar-refractivity contribution in [3.8, 4) is 17.2 Å². The van der Waals surface area contributed by atoms with Crippen LogP contribution in [-0.2, 0) is 0 Å². The van der Waals surface area contributed by atoms with Crippen molar-refractivity contribution in [2.45, 2.75) is 0 Å². The predicted octanol–water partition coefficient (Wildman–Crippen LogP) is 6.87. The average Bonchev–Trinajstić information content (AvgIpc) is 3.17. The van der Waals surface area contributed by atoms with Crippen molar-refractivity contribution >= 4 is 49.7 Å². The van der Waals surface area contributed by atoms with Crippen molar-refractivity contribution in [1.29, 1.82) is 0 Å². The molecule has 4 aromatic carbocycles. The van der Waals surface area contributed by atoms with E-state index in [1.54, 1.807) is 18.3 Å². The molecule has 4 nitrogen and oxygen atoms in total. The zero-order chi connectivity index (χ0) is 19.8. The minimum atomic E-state index is 0.179. The fourth-order valence-electron chi connectivity index (χ4n) is 3.21. The summed E-state index contributed by atoms with van der Waals surface area (Å²) in [6, 6.07) is 25.2. The molecule has 140 valence electrons. The molecule has 5 aromatic rings. The van der Waals surface area contributed by atoms with Crippen LogP contribution in [0.5, 0.6) is 5.75 Å². The van der Waals surface area contributed by atoms with Gasteiger partial charge >= 0.3 is 0 Å². The van der Waals surface area contributed by atoms with Crippen LogP contribution in [0.15, 0.2) is 92.7 Å². The molecular formula is C24H15BrN2O2. The summed E-state index contributed by atoms with van der Waals surface area (Å²) in [6.07, 6.45) is 1.63. The predicted molar refractivity (Wildman–Crippen MR) is 120 cm³/mol. The molecule has 0 radical (unpaired) electrons. The van der Waals surface area contributed by atoms with Gasteiger partial charge in [-0.1, -0.05) is 46.3 Å². The number of oxazole rings is 1. The maximum atomic E-state index is 9.95. The second-order valence-corrected chi connectivity index (χ2v) is 7.61. The van der Waals surface area contributed by atoms with Gasteiger partial charge in [0.05, 0.1) is 5.69 Å². The number of aromatic nitrogens is 1. The summed E-state index contributed by atoms with van der Waals surface area (Å²) in [4.78, 5) is 9.10. The SMILES string of the molecule is Oc1ccc(Br)cc1C=Nc1ccc2oc(-c3ccc4ccccc4c3)nc2c1. The topological polar surface area (TPSA) is 58.6 Å². The summed E-state index contributed by atoms with van der Waals surface area (Å²) < 4.78 is 6.82. The summed E-state index contributed by atoms with van der Waals surface area (Å²) in [6.45, 7) is 0. The molecule has 0 spiro atoms. The fourth-order valence-corrected chi connectivity index (χ4v) is 3.59. The Bertz CT molecular complexity index is 1390. The quantitative estimate of drug-likeness (QED) is 0.310. The first-order valence-corrected chi connectivity index (χ1v) is 9.87. The first kappa shape index (κ1) is 17.6. The molecule has 0 fully saturated rings. The van der Waals surface area contributed by atoms with Gasteiger partial charge in [0, 0.05) is 21.8 Å². The van der Waals surface area contributed by atoms with Crippen molar-refractivity contribution in [2.24, 2.45) is 4.99 Å². The number of benzene rings is 4. The third-order valence-corrected chi connectivity index (χ3v) is 5.20. The lowest BCUT2D eigenvalue weighted by molar-refractivity contribution is 0.474. The Kier molecular flexibility index (Phi) is 4.37. The van der Waals surface area contributed by atoms with Gasteiger partial charge in [0.15, 0.2) is 5.58 Å². The second kappa shape index (κ2) is 7.18. The van der Waals surface area contributed by atoms with Gasteiger partial charge in [0.25, 0.3) is 0 Å². The van der Waals surface area contributed by atoms with Crippen LogP contribution in [0.3, 0.4) is 0 Å². The van der Waals surface area contributed by atoms with Crippen LogP contribution in [0.2, 0.25) is 0 Å². The average molecular weight is 443 g/mol. The lowest BCUT2D eigenvalue weighted by atomic mass is 10.1. The summed E-state index contributed by atoms with van der Waals surface area (Å²) >= 11 is 3.40. The molecule has 0 atom stereocenters. The number of hydrogen-bond acceptors (Lipinski definition) is 4. The molecule has 1 aromatic heterocycles. The van der Waals surface area contributed by atoms with E-state index in [1.165, 1.54) is 5.39 Å². The fraction of sp³-hybridized carbons (Fsp3) is 0. The largest absolute Gasteiger partial charge is 0.507 e. The number of aliphatic imine (C=N–C) groups is 1. The Hall–Kier alpha value is -3.44. The van der Waals surface area contributed by atoms with E-state index in [9.17, 15) is 5.11 Å². The third kappa shape index (κ3) is 3.52. The Labute approximate surface area is 175 Å². The van der Waals surface area contributed by atoms with E-state index in [0.717, 1.165) is 26.6 Å². The summed E-state index contributed by atoms with van der Waals surface area (Å²) in [5.74, 6) is 0.759. The maximum absolute atomic E-state index is 9.95. The monoisotopic (exact) mass is 442 g/mol. The molecule has 0 unspecified atom stereocenters. The van der Waals surface area contributed by atoms with Gasteiger partial charge in [-0.05, 0) is 59.3 Å². The molecule has 0 aliphatic heterocycles. The van der Waals surface area contributed by atoms with Gasteiger partial charge in [-0.25, -0.2) is 4.98 Å². The van der Waals surface area contributed by atoms with Gasteiger partial charge < -0.3 is 9.52 Å². The van der Waals surface area contributed by atoms with Crippen LogP contribution < -0.4 is 0 Å². The molecule has 29 heavy (non-hydrogen) atoms. The Balaban J connectivity index is 1.49. The highest BCUT2D eigenvalue weighted by atomic mass is 79.9. The maximum Gasteiger partial charge on any atom is 0.227 e. The molecule has 1 N–H and O–H groups in total. The molecule has 0 aliphatic rings. The lowest BCUT2D eigenvalue weighted by Gasteiger charge is -1.99. The minimum Gasteiger partial charge on any atom is -0.507 e. The smallest absolute Gasteiger partial charge is 0.227 e. The summed E-state index contributed by atoms with van der Waals surface area (Å²) in [7, 11) is 0. The minimum absolute atomic E-state index is 0.179. The zero-order valence-corrected chi connectivity index (χ0v) is 16.8. The van der Waals surface area contributed by atoms with Gasteiger partial charge in [0.2, 0.25) is 5.89 Å². The first-order valence-electron chi connectivity index (χ1n) is 9.08. The van der Waals surface area contributed by atoms with Crippen LogP contribution >= 0.6 is 15.9 Å². The number of aromatic hydroxyl groups is 1. The number of phenols is 1. The van der Waals surface area contributed by atoms with E-state index in [2.05, 4.69) is 50.2 Å². The van der Waals surface area contributed by atoms with Gasteiger partial charge in [0.1, 0.15) is 11.3 Å². The van der Waals surface area contributed by atoms with Crippen molar-refractivity contribution in [3.63, 3.8) is 0 Å². The van der Waals surface area contributed by atoms with E-state index in [-0.39, 0.29) is 5.75 Å². The molecule has 1 heterocycles. The molecule has 5 rings (SSSR count). The number of fused-ring (bicyclic) bond motifs is 2. The number of rotatable bonds is 3. The van der Waals surface area contributed by atoms with Crippen LogP contribution in [-0.4, -0.2) is 16.3 Å². The number of nitrogens with zero attached hydrogens (tertiary/aromatic N) is 2. The van der Waals surface area contributed by atoms with E-state index in [0.29, 0.717) is 17.0 Å². The van der Waals surface area contributed by atoms with Gasteiger partial charge in [-0.2, -0.15) is 0 Å². The highest BCUT2D eigenvalue weighted by Gasteiger charge is 2.09. The van der Waals surface area contributed by atoms with Crippen molar-refractivity contribution in [1.82, 2.24) is 4.98 Å². The Morgan fingerprint density at radius 1 is 0.897 bits per heavy atom. The molecule has 0 bridgehead atoms. The van der Waals surface area contributed by atoms with Gasteiger partial charge in [-0.3, -0.25) is 4.99 Å². The molecule has 0 aliphatic carbocycles. The first-order chi connectivity index (χ1) is 14.2. The highest BCUT2D eigenvalue weighted by Crippen LogP contribution is 2.29. The summed E-state index contributed by atoms with van der Waals surface area (Å²) in [5.41, 5.74) is 3.74. The normalized spacial score (nSPS) is 11.6. The van der Waals surface area contributed by atoms with Crippen LogP contribution in [0.4, 0.5) is 5.69 Å². The molecule has 0 amide bonds. The number of phenolic OH excluding ortho intramolecular Hbond substituents is 1. The highest BCUT2D eigenvalue weighted by molar-refractivity contribution is 9.10. The standard InChI is InChI=1S/C24H15BrN2O2/c25-19-7-9-22(28)18(12-19)14-26-20-8-10-23-21(13-20)27-24(29-23)17-6-5-15-3-1-2-4-16(15)11-17/h1-14,28H.